The van der Waals surface area contributed by atoms with E-state index in [0.29, 0.717) is 6.42 Å². The number of nitro benzene ring substituents is 1. The van der Waals surface area contributed by atoms with E-state index in [4.69, 9.17) is 0 Å². The van der Waals surface area contributed by atoms with Crippen LogP contribution in [-0.4, -0.2) is 25.6 Å². The highest BCUT2D eigenvalue weighted by atomic mass is 16.6. The van der Waals surface area contributed by atoms with Gasteiger partial charge in [-0.3, -0.25) is 24.3 Å². The zero-order valence-corrected chi connectivity index (χ0v) is 17.0. The van der Waals surface area contributed by atoms with E-state index >= 15 is 0 Å². The van der Waals surface area contributed by atoms with Crippen molar-refractivity contribution < 1.29 is 19.9 Å². The van der Waals surface area contributed by atoms with Crippen molar-refractivity contribution in [3.63, 3.8) is 0 Å². The Morgan fingerprint density at radius 1 is 1.35 bits per heavy atom. The number of anilines is 1. The molecule has 1 amide bonds. The lowest BCUT2D eigenvalue weighted by Crippen LogP contribution is -2.22. The van der Waals surface area contributed by atoms with Crippen LogP contribution in [0.1, 0.15) is 37.8 Å². The average molecular weight is 428 g/mol. The number of benzene rings is 1. The normalized spacial score (nSPS) is 10.8. The van der Waals surface area contributed by atoms with Gasteiger partial charge in [-0.1, -0.05) is 13.3 Å². The van der Waals surface area contributed by atoms with Crippen LogP contribution in [0, 0.1) is 28.4 Å². The van der Waals surface area contributed by atoms with Gasteiger partial charge in [-0.25, -0.2) is 0 Å². The number of rotatable bonds is 7. The van der Waals surface area contributed by atoms with Crippen molar-refractivity contribution in [3.8, 4) is 17.7 Å². The molecule has 2 aromatic rings. The second kappa shape index (κ2) is 9.49. The number of nitriles is 1. The summed E-state index contributed by atoms with van der Waals surface area (Å²) in [5.74, 6) is -1.65. The number of phenols is 1. The number of nitrogens with zero attached hydrogens (tertiary/aromatic N) is 5. The predicted molar refractivity (Wildman–Crippen MR) is 110 cm³/mol. The number of hydrogen-bond donors (Lipinski definition) is 3. The lowest BCUT2D eigenvalue weighted by atomic mass is 10.1. The smallest absolute Gasteiger partial charge is 0.281 e. The number of phenolic OH excluding ortho intramolecular Hbond substituents is 1. The van der Waals surface area contributed by atoms with Gasteiger partial charge in [-0.15, -0.1) is 10.2 Å². The fraction of sp³-hybridized carbons (Fsp3) is 0.316. The summed E-state index contributed by atoms with van der Waals surface area (Å²) in [5.41, 5.74) is -2.17. The first kappa shape index (κ1) is 23.0. The third kappa shape index (κ3) is 4.84. The minimum Gasteiger partial charge on any atom is -0.504 e. The van der Waals surface area contributed by atoms with Crippen molar-refractivity contribution >= 4 is 28.7 Å². The monoisotopic (exact) mass is 428 g/mol. The van der Waals surface area contributed by atoms with Crippen molar-refractivity contribution in [2.75, 3.05) is 5.32 Å². The van der Waals surface area contributed by atoms with Gasteiger partial charge in [-0.2, -0.15) is 5.26 Å². The highest BCUT2D eigenvalue weighted by molar-refractivity contribution is 5.92. The number of nitrogens with one attached hydrogen (secondary N) is 1. The molecule has 3 N–H and O–H groups in total. The van der Waals surface area contributed by atoms with Gasteiger partial charge in [-0.05, 0) is 13.3 Å². The molecule has 1 aromatic carbocycles. The van der Waals surface area contributed by atoms with Crippen molar-refractivity contribution in [1.29, 1.82) is 5.26 Å². The molecule has 0 atom stereocenters. The number of carbonyl (C=O) groups excluding carboxylic acids is 1. The van der Waals surface area contributed by atoms with Gasteiger partial charge in [0.2, 0.25) is 11.8 Å². The zero-order chi connectivity index (χ0) is 23.3. The molecule has 12 nitrogen and oxygen atoms in total. The van der Waals surface area contributed by atoms with Gasteiger partial charge in [0.1, 0.15) is 17.3 Å². The molecule has 0 unspecified atom stereocenters. The molecule has 0 spiro atoms. The van der Waals surface area contributed by atoms with Gasteiger partial charge >= 0.3 is 0 Å². The van der Waals surface area contributed by atoms with Crippen LogP contribution in [0.15, 0.2) is 27.2 Å². The Morgan fingerprint density at radius 3 is 2.58 bits per heavy atom. The van der Waals surface area contributed by atoms with E-state index in [0.717, 1.165) is 30.0 Å². The summed E-state index contributed by atoms with van der Waals surface area (Å²) in [6.45, 7) is 4.59. The predicted octanol–water partition coefficient (Wildman–Crippen LogP) is 3.52. The Balaban J connectivity index is 2.68. The Morgan fingerprint density at radius 2 is 2.03 bits per heavy atom. The maximum Gasteiger partial charge on any atom is 0.281 e. The van der Waals surface area contributed by atoms with Crippen molar-refractivity contribution in [2.45, 2.75) is 40.2 Å². The number of carbonyl (C=O) groups is 1. The summed E-state index contributed by atoms with van der Waals surface area (Å²) in [6.07, 6.45) is 1.29. The van der Waals surface area contributed by atoms with E-state index in [1.807, 2.05) is 13.0 Å². The van der Waals surface area contributed by atoms with Gasteiger partial charge in [0.15, 0.2) is 11.4 Å². The summed E-state index contributed by atoms with van der Waals surface area (Å²) in [6, 6.07) is 3.68. The Labute approximate surface area is 176 Å². The summed E-state index contributed by atoms with van der Waals surface area (Å²) >= 11 is 0. The molecule has 0 saturated heterocycles. The first-order valence-corrected chi connectivity index (χ1v) is 9.19. The molecular weight excluding hydrogens is 408 g/mol. The Kier molecular flexibility index (Phi) is 7.04. The molecule has 0 aliphatic rings. The van der Waals surface area contributed by atoms with Gasteiger partial charge in [0.05, 0.1) is 10.6 Å². The van der Waals surface area contributed by atoms with E-state index in [2.05, 4.69) is 15.5 Å². The number of hydrogen-bond acceptors (Lipinski definition) is 9. The molecule has 2 rings (SSSR count). The lowest BCUT2D eigenvalue weighted by molar-refractivity contribution is -0.384. The number of unbranched alkanes of at least 4 members (excludes halogenated alkanes) is 1. The van der Waals surface area contributed by atoms with Gasteiger partial charge in [0.25, 0.3) is 11.2 Å². The minimum absolute atomic E-state index is 0.0634. The molecule has 0 aliphatic carbocycles. The second-order valence-corrected chi connectivity index (χ2v) is 6.59. The highest BCUT2D eigenvalue weighted by Gasteiger charge is 2.20. The van der Waals surface area contributed by atoms with Gasteiger partial charge in [0, 0.05) is 31.2 Å². The SMILES string of the molecule is CCCCn1c(O)c(C#N)c(C)c(N=Nc2cc([N+](=O)[O-])cc(NC(C)=O)c2O)c1=O. The minimum atomic E-state index is -0.749. The number of aromatic nitrogens is 1. The molecule has 162 valence electrons. The molecule has 1 heterocycles. The number of non-ortho nitro benzene ring substituents is 1. The van der Waals surface area contributed by atoms with E-state index in [9.17, 15) is 35.2 Å². The van der Waals surface area contributed by atoms with Crippen molar-refractivity contribution in [3.05, 3.63) is 43.7 Å². The third-order valence-electron chi connectivity index (χ3n) is 4.36. The number of pyridine rings is 1. The first-order valence-electron chi connectivity index (χ1n) is 9.19. The van der Waals surface area contributed by atoms with Crippen molar-refractivity contribution in [1.82, 2.24) is 4.57 Å². The zero-order valence-electron chi connectivity index (χ0n) is 17.0. The second-order valence-electron chi connectivity index (χ2n) is 6.59. The van der Waals surface area contributed by atoms with E-state index in [1.165, 1.54) is 6.92 Å². The fourth-order valence-electron chi connectivity index (χ4n) is 2.76. The van der Waals surface area contributed by atoms with E-state index in [-0.39, 0.29) is 34.7 Å². The first-order chi connectivity index (χ1) is 14.6. The van der Waals surface area contributed by atoms with Crippen LogP contribution in [0.3, 0.4) is 0 Å². The van der Waals surface area contributed by atoms with Crippen LogP contribution in [0.2, 0.25) is 0 Å². The molecule has 12 heteroatoms. The molecule has 0 radical (unpaired) electrons. The average Bonchev–Trinajstić information content (AvgIpc) is 2.70. The topological polar surface area (TPSA) is 183 Å². The van der Waals surface area contributed by atoms with Crippen LogP contribution in [0.5, 0.6) is 11.6 Å². The maximum atomic E-state index is 12.8. The lowest BCUT2D eigenvalue weighted by Gasteiger charge is -2.12. The number of azo groups is 1. The van der Waals surface area contributed by atoms with E-state index in [1.54, 1.807) is 0 Å². The summed E-state index contributed by atoms with van der Waals surface area (Å²) in [4.78, 5) is 34.5. The van der Waals surface area contributed by atoms with E-state index < -0.39 is 33.7 Å². The largest absolute Gasteiger partial charge is 0.504 e. The summed E-state index contributed by atoms with van der Waals surface area (Å²) in [5, 5.41) is 50.9. The Hall–Kier alpha value is -4.27. The molecule has 31 heavy (non-hydrogen) atoms. The summed E-state index contributed by atoms with van der Waals surface area (Å²) < 4.78 is 0.999. The van der Waals surface area contributed by atoms with Crippen LogP contribution < -0.4 is 10.9 Å². The number of amides is 1. The fourth-order valence-corrected chi connectivity index (χ4v) is 2.76. The molecule has 0 saturated carbocycles. The highest BCUT2D eigenvalue weighted by Crippen LogP contribution is 2.39. The van der Waals surface area contributed by atoms with Crippen molar-refractivity contribution in [2.24, 2.45) is 10.2 Å². The molecule has 0 fully saturated rings. The van der Waals surface area contributed by atoms with Crippen LogP contribution in [-0.2, 0) is 11.3 Å². The maximum absolute atomic E-state index is 12.8. The van der Waals surface area contributed by atoms with Crippen LogP contribution in [0.25, 0.3) is 0 Å². The van der Waals surface area contributed by atoms with Crippen LogP contribution in [0.4, 0.5) is 22.7 Å². The molecular formula is C19H20N6O6. The number of nitro groups is 1. The summed E-state index contributed by atoms with van der Waals surface area (Å²) in [7, 11) is 0. The molecule has 0 bridgehead atoms. The quantitative estimate of drug-likeness (QED) is 0.261. The molecule has 1 aromatic heterocycles. The van der Waals surface area contributed by atoms with Crippen LogP contribution >= 0.6 is 0 Å². The third-order valence-corrected chi connectivity index (χ3v) is 4.36. The molecule has 0 aliphatic heterocycles. The Bertz CT molecular complexity index is 1180. The van der Waals surface area contributed by atoms with Gasteiger partial charge < -0.3 is 15.5 Å². The standard InChI is InChI=1S/C19H20N6O6/c1-4-5-6-24-18(28)13(9-20)10(2)16(19(24)29)23-22-15-8-12(25(30)31)7-14(17(15)27)21-11(3)26/h7-8,27-28H,4-6H2,1-3H3,(H,21,26). The number of aromatic hydroxyl groups is 2.